The summed E-state index contributed by atoms with van der Waals surface area (Å²) in [6, 6.07) is 14.6. The number of amides is 1. The van der Waals surface area contributed by atoms with Crippen molar-refractivity contribution < 1.29 is 9.72 Å². The van der Waals surface area contributed by atoms with Crippen LogP contribution in [0.4, 0.5) is 5.69 Å². The van der Waals surface area contributed by atoms with E-state index in [1.807, 2.05) is 12.1 Å². The van der Waals surface area contributed by atoms with Gasteiger partial charge in [-0.25, -0.2) is 0 Å². The number of non-ortho nitro benzene ring substituents is 1. The smallest absolute Gasteiger partial charge is 0.270 e. The highest BCUT2D eigenvalue weighted by Crippen LogP contribution is 2.29. The predicted octanol–water partition coefficient (Wildman–Crippen LogP) is 4.64. The first-order valence-corrected chi connectivity index (χ1v) is 8.81. The van der Waals surface area contributed by atoms with Crippen molar-refractivity contribution in [2.75, 3.05) is 7.05 Å². The lowest BCUT2D eigenvalue weighted by Gasteiger charge is -2.16. The van der Waals surface area contributed by atoms with Crippen LogP contribution in [-0.2, 0) is 13.0 Å². The summed E-state index contributed by atoms with van der Waals surface area (Å²) < 4.78 is 0.870. The van der Waals surface area contributed by atoms with Crippen molar-refractivity contribution in [1.29, 1.82) is 0 Å². The van der Waals surface area contributed by atoms with E-state index in [-0.39, 0.29) is 11.6 Å². The van der Waals surface area contributed by atoms with E-state index in [0.29, 0.717) is 11.4 Å². The SMILES string of the molecule is CCc1ccc(CN(C)C(=O)c2cc3cc([N+](=O)[O-])ccc3s2)cc1. The molecular formula is C19H18N2O3S. The number of rotatable bonds is 5. The molecule has 0 unspecified atom stereocenters. The maximum Gasteiger partial charge on any atom is 0.270 e. The molecule has 0 aliphatic rings. The van der Waals surface area contributed by atoms with E-state index in [2.05, 4.69) is 19.1 Å². The van der Waals surface area contributed by atoms with Gasteiger partial charge in [0.05, 0.1) is 9.80 Å². The number of hydrogen-bond donors (Lipinski definition) is 0. The summed E-state index contributed by atoms with van der Waals surface area (Å²) in [5.41, 5.74) is 2.38. The second-order valence-electron chi connectivity index (χ2n) is 5.92. The van der Waals surface area contributed by atoms with Gasteiger partial charge in [-0.1, -0.05) is 31.2 Å². The van der Waals surface area contributed by atoms with Crippen molar-refractivity contribution in [2.45, 2.75) is 19.9 Å². The molecule has 1 aromatic heterocycles. The number of nitro benzene ring substituents is 1. The molecule has 1 amide bonds. The molecule has 0 radical (unpaired) electrons. The highest BCUT2D eigenvalue weighted by Gasteiger charge is 2.16. The maximum absolute atomic E-state index is 12.7. The van der Waals surface area contributed by atoms with Gasteiger partial charge in [-0.2, -0.15) is 0 Å². The van der Waals surface area contributed by atoms with Gasteiger partial charge in [-0.15, -0.1) is 11.3 Å². The third-order valence-electron chi connectivity index (χ3n) is 4.12. The Balaban J connectivity index is 1.79. The minimum atomic E-state index is -0.426. The molecule has 0 saturated heterocycles. The lowest BCUT2D eigenvalue weighted by Crippen LogP contribution is -2.25. The highest BCUT2D eigenvalue weighted by atomic mass is 32.1. The lowest BCUT2D eigenvalue weighted by atomic mass is 10.1. The van der Waals surface area contributed by atoms with Crippen LogP contribution < -0.4 is 0 Å². The molecule has 25 heavy (non-hydrogen) atoms. The monoisotopic (exact) mass is 354 g/mol. The predicted molar refractivity (Wildman–Crippen MR) is 100 cm³/mol. The van der Waals surface area contributed by atoms with E-state index in [1.165, 1.54) is 29.0 Å². The van der Waals surface area contributed by atoms with Gasteiger partial charge in [0.25, 0.3) is 11.6 Å². The lowest BCUT2D eigenvalue weighted by molar-refractivity contribution is -0.384. The van der Waals surface area contributed by atoms with E-state index >= 15 is 0 Å². The third kappa shape index (κ3) is 3.69. The quantitative estimate of drug-likeness (QED) is 0.495. The molecule has 0 aliphatic heterocycles. The van der Waals surface area contributed by atoms with E-state index in [1.54, 1.807) is 24.1 Å². The first-order valence-electron chi connectivity index (χ1n) is 7.99. The Hall–Kier alpha value is -2.73. The number of hydrogen-bond acceptors (Lipinski definition) is 4. The van der Waals surface area contributed by atoms with Gasteiger partial charge in [0, 0.05) is 35.8 Å². The largest absolute Gasteiger partial charge is 0.337 e. The van der Waals surface area contributed by atoms with E-state index in [9.17, 15) is 14.9 Å². The summed E-state index contributed by atoms with van der Waals surface area (Å²) in [6.45, 7) is 2.63. The molecule has 6 heteroatoms. The van der Waals surface area contributed by atoms with E-state index < -0.39 is 4.92 Å². The Bertz CT molecular complexity index is 931. The molecule has 0 fully saturated rings. The minimum absolute atomic E-state index is 0.0358. The molecule has 5 nitrogen and oxygen atoms in total. The van der Waals surface area contributed by atoms with Crippen LogP contribution in [0.15, 0.2) is 48.5 Å². The van der Waals surface area contributed by atoms with Gasteiger partial charge < -0.3 is 4.90 Å². The van der Waals surface area contributed by atoms with Crippen LogP contribution in [-0.4, -0.2) is 22.8 Å². The van der Waals surface area contributed by atoms with E-state index in [0.717, 1.165) is 22.1 Å². The zero-order chi connectivity index (χ0) is 18.0. The zero-order valence-electron chi connectivity index (χ0n) is 14.1. The van der Waals surface area contributed by atoms with Crippen molar-refractivity contribution >= 4 is 33.0 Å². The van der Waals surface area contributed by atoms with Gasteiger partial charge in [0.2, 0.25) is 0 Å². The van der Waals surface area contributed by atoms with Gasteiger partial charge >= 0.3 is 0 Å². The molecule has 3 aromatic rings. The van der Waals surface area contributed by atoms with Crippen molar-refractivity contribution in [3.8, 4) is 0 Å². The number of fused-ring (bicyclic) bond motifs is 1. The van der Waals surface area contributed by atoms with Gasteiger partial charge in [0.15, 0.2) is 0 Å². The molecule has 0 aliphatic carbocycles. The summed E-state index contributed by atoms with van der Waals surface area (Å²) in [5.74, 6) is -0.0802. The summed E-state index contributed by atoms with van der Waals surface area (Å²) in [4.78, 5) is 25.4. The molecule has 128 valence electrons. The average molecular weight is 354 g/mol. The molecule has 0 spiro atoms. The fraction of sp³-hybridized carbons (Fsp3) is 0.211. The van der Waals surface area contributed by atoms with Crippen molar-refractivity contribution in [3.05, 3.63) is 74.6 Å². The zero-order valence-corrected chi connectivity index (χ0v) is 14.9. The fourth-order valence-corrected chi connectivity index (χ4v) is 3.70. The first kappa shape index (κ1) is 17.1. The summed E-state index contributed by atoms with van der Waals surface area (Å²) in [6.07, 6.45) is 0.989. The normalized spacial score (nSPS) is 10.8. The number of benzene rings is 2. The maximum atomic E-state index is 12.7. The summed E-state index contributed by atoms with van der Waals surface area (Å²) >= 11 is 1.36. The molecule has 0 bridgehead atoms. The Labute approximate surface area is 149 Å². The topological polar surface area (TPSA) is 63.5 Å². The number of carbonyl (C=O) groups excluding carboxylic acids is 1. The Morgan fingerprint density at radius 2 is 1.80 bits per heavy atom. The van der Waals surface area contributed by atoms with Crippen LogP contribution in [0.3, 0.4) is 0 Å². The van der Waals surface area contributed by atoms with Crippen LogP contribution in [0.2, 0.25) is 0 Å². The molecule has 1 heterocycles. The Kier molecular flexibility index (Phi) is 4.81. The van der Waals surface area contributed by atoms with Gasteiger partial charge in [0.1, 0.15) is 0 Å². The van der Waals surface area contributed by atoms with Crippen LogP contribution >= 0.6 is 11.3 Å². The summed E-state index contributed by atoms with van der Waals surface area (Å²) in [7, 11) is 1.77. The van der Waals surface area contributed by atoms with Crippen LogP contribution in [0.1, 0.15) is 27.7 Å². The second kappa shape index (κ2) is 7.03. The third-order valence-corrected chi connectivity index (χ3v) is 5.22. The van der Waals surface area contributed by atoms with Gasteiger partial charge in [-0.05, 0) is 29.7 Å². The molecule has 0 atom stereocenters. The molecule has 2 aromatic carbocycles. The first-order chi connectivity index (χ1) is 12.0. The molecule has 0 saturated carbocycles. The molecule has 3 rings (SSSR count). The minimum Gasteiger partial charge on any atom is -0.337 e. The van der Waals surface area contributed by atoms with Crippen molar-refractivity contribution in [2.24, 2.45) is 0 Å². The average Bonchev–Trinajstić information content (AvgIpc) is 3.04. The number of thiophene rings is 1. The number of nitrogens with zero attached hydrogens (tertiary/aromatic N) is 2. The van der Waals surface area contributed by atoms with Crippen LogP contribution in [0.25, 0.3) is 10.1 Å². The van der Waals surface area contributed by atoms with Crippen LogP contribution in [0, 0.1) is 10.1 Å². The fourth-order valence-electron chi connectivity index (χ4n) is 2.66. The summed E-state index contributed by atoms with van der Waals surface area (Å²) in [5, 5.41) is 11.6. The number of aryl methyl sites for hydroxylation is 1. The van der Waals surface area contributed by atoms with E-state index in [4.69, 9.17) is 0 Å². The molecule has 0 N–H and O–H groups in total. The second-order valence-corrected chi connectivity index (χ2v) is 7.00. The Morgan fingerprint density at radius 1 is 1.12 bits per heavy atom. The van der Waals surface area contributed by atoms with Crippen molar-refractivity contribution in [3.63, 3.8) is 0 Å². The number of carbonyl (C=O) groups is 1. The van der Waals surface area contributed by atoms with Crippen LogP contribution in [0.5, 0.6) is 0 Å². The van der Waals surface area contributed by atoms with Crippen molar-refractivity contribution in [1.82, 2.24) is 4.90 Å². The Morgan fingerprint density at radius 3 is 2.44 bits per heavy atom. The number of nitro groups is 1. The molecular weight excluding hydrogens is 336 g/mol. The standard InChI is InChI=1S/C19H18N2O3S/c1-3-13-4-6-14(7-5-13)12-20(2)19(22)18-11-15-10-16(21(23)24)8-9-17(15)25-18/h4-11H,3,12H2,1-2H3. The van der Waals surface area contributed by atoms with Gasteiger partial charge in [-0.3, -0.25) is 14.9 Å². The highest BCUT2D eigenvalue weighted by molar-refractivity contribution is 7.20.